The smallest absolute Gasteiger partial charge is 0.122 e. The van der Waals surface area contributed by atoms with Crippen molar-refractivity contribution >= 4 is 0 Å². The van der Waals surface area contributed by atoms with E-state index in [1.807, 2.05) is 43.3 Å². The fraction of sp³-hybridized carbons (Fsp3) is 0.250. The molecule has 0 atom stereocenters. The first-order chi connectivity index (χ1) is 9.22. The molecular weight excluding hydrogens is 238 g/mol. The maximum absolute atomic E-state index is 5.83. The van der Waals surface area contributed by atoms with Crippen LogP contribution in [-0.2, 0) is 13.2 Å². The summed E-state index contributed by atoms with van der Waals surface area (Å²) in [7, 11) is 1.66. The van der Waals surface area contributed by atoms with Crippen LogP contribution in [0.3, 0.4) is 0 Å². The van der Waals surface area contributed by atoms with Crippen LogP contribution < -0.4 is 15.2 Å². The molecule has 0 amide bonds. The predicted molar refractivity (Wildman–Crippen MR) is 76.4 cm³/mol. The number of aryl methyl sites for hydroxylation is 1. The number of methoxy groups -OCH3 is 1. The molecule has 2 N–H and O–H groups in total. The summed E-state index contributed by atoms with van der Waals surface area (Å²) < 4.78 is 11.0. The second kappa shape index (κ2) is 6.25. The highest BCUT2D eigenvalue weighted by Gasteiger charge is 2.02. The molecule has 0 saturated heterocycles. The zero-order valence-corrected chi connectivity index (χ0v) is 11.3. The van der Waals surface area contributed by atoms with Crippen molar-refractivity contribution in [2.24, 2.45) is 5.73 Å². The van der Waals surface area contributed by atoms with Gasteiger partial charge in [-0.3, -0.25) is 0 Å². The van der Waals surface area contributed by atoms with Crippen LogP contribution in [0.2, 0.25) is 0 Å². The van der Waals surface area contributed by atoms with Crippen molar-refractivity contribution in [3.8, 4) is 11.5 Å². The molecular formula is C16H19NO2. The highest BCUT2D eigenvalue weighted by molar-refractivity contribution is 5.36. The van der Waals surface area contributed by atoms with E-state index in [1.165, 1.54) is 0 Å². The fourth-order valence-corrected chi connectivity index (χ4v) is 1.92. The first kappa shape index (κ1) is 13.4. The highest BCUT2D eigenvalue weighted by Crippen LogP contribution is 2.21. The zero-order chi connectivity index (χ0) is 13.7. The van der Waals surface area contributed by atoms with Crippen molar-refractivity contribution in [2.75, 3.05) is 7.11 Å². The van der Waals surface area contributed by atoms with E-state index in [0.29, 0.717) is 13.2 Å². The molecule has 0 spiro atoms. The number of rotatable bonds is 5. The van der Waals surface area contributed by atoms with Crippen LogP contribution in [0.5, 0.6) is 11.5 Å². The molecule has 19 heavy (non-hydrogen) atoms. The minimum Gasteiger partial charge on any atom is -0.497 e. The summed E-state index contributed by atoms with van der Waals surface area (Å²) in [5.74, 6) is 1.73. The van der Waals surface area contributed by atoms with Crippen molar-refractivity contribution in [3.05, 3.63) is 59.2 Å². The Balaban J connectivity index is 2.05. The predicted octanol–water partition coefficient (Wildman–Crippen LogP) is 3.04. The molecule has 3 nitrogen and oxygen atoms in total. The molecule has 100 valence electrons. The van der Waals surface area contributed by atoms with Crippen LogP contribution >= 0.6 is 0 Å². The Morgan fingerprint density at radius 2 is 1.89 bits per heavy atom. The monoisotopic (exact) mass is 257 g/mol. The Hall–Kier alpha value is -2.00. The van der Waals surface area contributed by atoms with Gasteiger partial charge in [-0.25, -0.2) is 0 Å². The van der Waals surface area contributed by atoms with Gasteiger partial charge in [-0.2, -0.15) is 0 Å². The van der Waals surface area contributed by atoms with Crippen molar-refractivity contribution < 1.29 is 9.47 Å². The van der Waals surface area contributed by atoms with E-state index >= 15 is 0 Å². The van der Waals surface area contributed by atoms with Gasteiger partial charge in [0.15, 0.2) is 0 Å². The van der Waals surface area contributed by atoms with E-state index < -0.39 is 0 Å². The van der Waals surface area contributed by atoms with Gasteiger partial charge in [0.1, 0.15) is 18.1 Å². The molecule has 0 aliphatic carbocycles. The van der Waals surface area contributed by atoms with E-state index in [0.717, 1.165) is 28.2 Å². The average molecular weight is 257 g/mol. The summed E-state index contributed by atoms with van der Waals surface area (Å²) in [6, 6.07) is 13.9. The van der Waals surface area contributed by atoms with Gasteiger partial charge < -0.3 is 15.2 Å². The van der Waals surface area contributed by atoms with Gasteiger partial charge in [0, 0.05) is 6.54 Å². The molecule has 0 radical (unpaired) electrons. The number of hydrogen-bond donors (Lipinski definition) is 1. The number of nitrogens with two attached hydrogens (primary N) is 1. The third-order valence-corrected chi connectivity index (χ3v) is 3.00. The molecule has 0 saturated carbocycles. The lowest BCUT2D eigenvalue weighted by Gasteiger charge is -2.11. The normalized spacial score (nSPS) is 10.3. The maximum atomic E-state index is 5.83. The molecule has 0 aliphatic rings. The molecule has 0 aliphatic heterocycles. The van der Waals surface area contributed by atoms with Gasteiger partial charge >= 0.3 is 0 Å². The van der Waals surface area contributed by atoms with Crippen LogP contribution in [0, 0.1) is 6.92 Å². The molecule has 0 aromatic heterocycles. The summed E-state index contributed by atoms with van der Waals surface area (Å²) in [6.45, 7) is 3.11. The second-order valence-corrected chi connectivity index (χ2v) is 4.44. The summed E-state index contributed by atoms with van der Waals surface area (Å²) in [5.41, 5.74) is 8.92. The van der Waals surface area contributed by atoms with Gasteiger partial charge in [0.25, 0.3) is 0 Å². The van der Waals surface area contributed by atoms with Crippen molar-refractivity contribution in [1.82, 2.24) is 0 Å². The van der Waals surface area contributed by atoms with Gasteiger partial charge in [-0.15, -0.1) is 0 Å². The second-order valence-electron chi connectivity index (χ2n) is 4.44. The molecule has 2 aromatic carbocycles. The van der Waals surface area contributed by atoms with E-state index in [1.54, 1.807) is 7.11 Å². The molecule has 2 aromatic rings. The minimum atomic E-state index is 0.528. The number of hydrogen-bond acceptors (Lipinski definition) is 3. The van der Waals surface area contributed by atoms with Crippen LogP contribution in [-0.4, -0.2) is 7.11 Å². The Morgan fingerprint density at radius 1 is 1.05 bits per heavy atom. The van der Waals surface area contributed by atoms with Gasteiger partial charge in [-0.1, -0.05) is 24.3 Å². The number of ether oxygens (including phenoxy) is 2. The van der Waals surface area contributed by atoms with E-state index in [4.69, 9.17) is 15.2 Å². The summed E-state index contributed by atoms with van der Waals surface area (Å²) in [4.78, 5) is 0. The third-order valence-electron chi connectivity index (χ3n) is 3.00. The number of benzene rings is 2. The SMILES string of the molecule is COc1cccc(COc2ccc(CN)cc2C)c1. The van der Waals surface area contributed by atoms with E-state index in [9.17, 15) is 0 Å². The first-order valence-corrected chi connectivity index (χ1v) is 6.28. The van der Waals surface area contributed by atoms with Crippen molar-refractivity contribution in [2.45, 2.75) is 20.1 Å². The van der Waals surface area contributed by atoms with E-state index in [2.05, 4.69) is 6.07 Å². The Bertz CT molecular complexity index is 552. The summed E-state index contributed by atoms with van der Waals surface area (Å²) in [6.07, 6.45) is 0. The third kappa shape index (κ3) is 3.48. The standard InChI is InChI=1S/C16H19NO2/c1-12-8-13(10-17)6-7-16(12)19-11-14-4-3-5-15(9-14)18-2/h3-9H,10-11,17H2,1-2H3. The molecule has 2 rings (SSSR count). The van der Waals surface area contributed by atoms with Gasteiger partial charge in [-0.05, 0) is 41.8 Å². The maximum Gasteiger partial charge on any atom is 0.122 e. The van der Waals surface area contributed by atoms with Gasteiger partial charge in [0.05, 0.1) is 7.11 Å². The molecule has 0 heterocycles. The minimum absolute atomic E-state index is 0.528. The Kier molecular flexibility index (Phi) is 4.42. The topological polar surface area (TPSA) is 44.5 Å². The molecule has 3 heteroatoms. The van der Waals surface area contributed by atoms with Gasteiger partial charge in [0.2, 0.25) is 0 Å². The Morgan fingerprint density at radius 3 is 2.58 bits per heavy atom. The highest BCUT2D eigenvalue weighted by atomic mass is 16.5. The molecule has 0 unspecified atom stereocenters. The lowest BCUT2D eigenvalue weighted by atomic mass is 10.1. The van der Waals surface area contributed by atoms with Crippen LogP contribution in [0.1, 0.15) is 16.7 Å². The lowest BCUT2D eigenvalue weighted by molar-refractivity contribution is 0.303. The van der Waals surface area contributed by atoms with Crippen LogP contribution in [0.4, 0.5) is 0 Å². The van der Waals surface area contributed by atoms with Crippen molar-refractivity contribution in [1.29, 1.82) is 0 Å². The lowest BCUT2D eigenvalue weighted by Crippen LogP contribution is -2.00. The molecule has 0 fully saturated rings. The first-order valence-electron chi connectivity index (χ1n) is 6.28. The van der Waals surface area contributed by atoms with E-state index in [-0.39, 0.29) is 0 Å². The van der Waals surface area contributed by atoms with Crippen LogP contribution in [0.25, 0.3) is 0 Å². The average Bonchev–Trinajstić information content (AvgIpc) is 2.46. The summed E-state index contributed by atoms with van der Waals surface area (Å²) >= 11 is 0. The van der Waals surface area contributed by atoms with Crippen LogP contribution in [0.15, 0.2) is 42.5 Å². The fourth-order valence-electron chi connectivity index (χ4n) is 1.92. The molecule has 0 bridgehead atoms. The largest absolute Gasteiger partial charge is 0.497 e. The zero-order valence-electron chi connectivity index (χ0n) is 11.3. The quantitative estimate of drug-likeness (QED) is 0.895. The van der Waals surface area contributed by atoms with Crippen molar-refractivity contribution in [3.63, 3.8) is 0 Å². The Labute approximate surface area is 114 Å². The summed E-state index contributed by atoms with van der Waals surface area (Å²) in [5, 5.41) is 0.